The highest BCUT2D eigenvalue weighted by Gasteiger charge is 2.43. The summed E-state index contributed by atoms with van der Waals surface area (Å²) in [6.45, 7) is 6.17. The van der Waals surface area contributed by atoms with Crippen molar-refractivity contribution in [3.8, 4) is 0 Å². The predicted molar refractivity (Wildman–Crippen MR) is 101 cm³/mol. The van der Waals surface area contributed by atoms with Crippen molar-refractivity contribution in [1.29, 1.82) is 0 Å². The van der Waals surface area contributed by atoms with Gasteiger partial charge in [0.2, 0.25) is 0 Å². The Morgan fingerprint density at radius 2 is 1.75 bits per heavy atom. The van der Waals surface area contributed by atoms with Crippen LogP contribution < -0.4 is 0 Å². The fourth-order valence-corrected chi connectivity index (χ4v) is 4.44. The van der Waals surface area contributed by atoms with Crippen LogP contribution in [0, 0.1) is 5.92 Å². The second kappa shape index (κ2) is 8.76. The van der Waals surface area contributed by atoms with Crippen LogP contribution in [0.15, 0.2) is 42.2 Å². The summed E-state index contributed by atoms with van der Waals surface area (Å²) in [7, 11) is 0. The Bertz CT molecular complexity index is 506. The molecule has 0 radical (unpaired) electrons. The molecule has 2 aliphatic heterocycles. The quantitative estimate of drug-likeness (QED) is 0.461. The summed E-state index contributed by atoms with van der Waals surface area (Å²) in [6, 6.07) is 10.4. The van der Waals surface area contributed by atoms with Gasteiger partial charge in [0.05, 0.1) is 19.0 Å². The lowest BCUT2D eigenvalue weighted by Gasteiger charge is -2.40. The maximum atomic E-state index is 6.55. The van der Waals surface area contributed by atoms with E-state index in [1.165, 1.54) is 44.1 Å². The van der Waals surface area contributed by atoms with E-state index in [2.05, 4.69) is 44.2 Å². The summed E-state index contributed by atoms with van der Waals surface area (Å²) < 4.78 is 12.5. The highest BCUT2D eigenvalue weighted by atomic mass is 16.5. The highest BCUT2D eigenvalue weighted by Crippen LogP contribution is 2.47. The zero-order chi connectivity index (χ0) is 16.8. The van der Waals surface area contributed by atoms with Crippen LogP contribution in [0.4, 0.5) is 0 Å². The first-order valence-corrected chi connectivity index (χ1v) is 9.72. The van der Waals surface area contributed by atoms with Crippen molar-refractivity contribution in [2.75, 3.05) is 6.61 Å². The first-order valence-electron chi connectivity index (χ1n) is 9.72. The second-order valence-electron chi connectivity index (χ2n) is 7.56. The van der Waals surface area contributed by atoms with Crippen LogP contribution in [0.2, 0.25) is 11.6 Å². The van der Waals surface area contributed by atoms with Gasteiger partial charge in [-0.15, -0.1) is 0 Å². The number of hydrogen-bond donors (Lipinski definition) is 0. The lowest BCUT2D eigenvalue weighted by Crippen LogP contribution is -2.37. The van der Waals surface area contributed by atoms with Crippen molar-refractivity contribution >= 4 is 6.92 Å². The van der Waals surface area contributed by atoms with Crippen LogP contribution in [-0.4, -0.2) is 13.5 Å². The monoisotopic (exact) mass is 326 g/mol. The Balaban J connectivity index is 1.50. The highest BCUT2D eigenvalue weighted by molar-refractivity contribution is 6.56. The van der Waals surface area contributed by atoms with E-state index < -0.39 is 0 Å². The van der Waals surface area contributed by atoms with Gasteiger partial charge in [0, 0.05) is 5.92 Å². The van der Waals surface area contributed by atoms with E-state index in [0.717, 1.165) is 24.0 Å². The SMILES string of the molecule is C/C=C(\OB1C2CCCC1CCC2)[C@@H](C)COCc1ccccc1. The third kappa shape index (κ3) is 4.44. The molecule has 24 heavy (non-hydrogen) atoms. The van der Waals surface area contributed by atoms with Gasteiger partial charge >= 0.3 is 6.92 Å². The van der Waals surface area contributed by atoms with E-state index in [1.54, 1.807) is 0 Å². The molecule has 0 aliphatic carbocycles. The molecule has 2 nitrogen and oxygen atoms in total. The number of ether oxygens (including phenoxy) is 1. The summed E-state index contributed by atoms with van der Waals surface area (Å²) in [4.78, 5) is 0. The fourth-order valence-electron chi connectivity index (χ4n) is 4.44. The zero-order valence-corrected chi connectivity index (χ0v) is 15.2. The smallest absolute Gasteiger partial charge is 0.363 e. The second-order valence-corrected chi connectivity index (χ2v) is 7.56. The topological polar surface area (TPSA) is 18.5 Å². The Kier molecular flexibility index (Phi) is 6.42. The number of allylic oxidation sites excluding steroid dienone is 1. The summed E-state index contributed by atoms with van der Waals surface area (Å²) in [5.74, 6) is 3.02. The molecule has 1 aromatic rings. The van der Waals surface area contributed by atoms with Crippen LogP contribution in [0.3, 0.4) is 0 Å². The van der Waals surface area contributed by atoms with Crippen LogP contribution in [0.5, 0.6) is 0 Å². The minimum absolute atomic E-state index is 0.321. The minimum Gasteiger partial charge on any atom is -0.563 e. The molecule has 3 rings (SSSR count). The predicted octanol–water partition coefficient (Wildman–Crippen LogP) is 5.86. The summed E-state index contributed by atoms with van der Waals surface area (Å²) in [5, 5.41) is 0. The van der Waals surface area contributed by atoms with Gasteiger partial charge in [0.15, 0.2) is 0 Å². The lowest BCUT2D eigenvalue weighted by atomic mass is 9.38. The van der Waals surface area contributed by atoms with Crippen molar-refractivity contribution in [1.82, 2.24) is 0 Å². The molecular weight excluding hydrogens is 295 g/mol. The van der Waals surface area contributed by atoms with Crippen molar-refractivity contribution < 1.29 is 9.39 Å². The van der Waals surface area contributed by atoms with Gasteiger partial charge in [0.25, 0.3) is 0 Å². The van der Waals surface area contributed by atoms with Crippen LogP contribution in [0.25, 0.3) is 0 Å². The molecule has 0 saturated carbocycles. The molecule has 0 amide bonds. The van der Waals surface area contributed by atoms with Crippen molar-refractivity contribution in [3.05, 3.63) is 47.7 Å². The molecule has 0 aromatic heterocycles. The first-order chi connectivity index (χ1) is 11.8. The van der Waals surface area contributed by atoms with Gasteiger partial charge in [-0.25, -0.2) is 0 Å². The lowest BCUT2D eigenvalue weighted by molar-refractivity contribution is 0.0898. The number of benzene rings is 1. The summed E-state index contributed by atoms with van der Waals surface area (Å²) in [5.41, 5.74) is 1.23. The average Bonchev–Trinajstić information content (AvgIpc) is 2.60. The van der Waals surface area contributed by atoms with Gasteiger partial charge in [-0.05, 0) is 24.1 Å². The van der Waals surface area contributed by atoms with Gasteiger partial charge in [-0.2, -0.15) is 0 Å². The van der Waals surface area contributed by atoms with Crippen molar-refractivity contribution in [2.24, 2.45) is 5.92 Å². The van der Waals surface area contributed by atoms with Crippen LogP contribution in [-0.2, 0) is 16.0 Å². The summed E-state index contributed by atoms with van der Waals surface area (Å²) >= 11 is 0. The van der Waals surface area contributed by atoms with E-state index in [4.69, 9.17) is 9.39 Å². The average molecular weight is 326 g/mol. The molecule has 2 heterocycles. The van der Waals surface area contributed by atoms with Crippen LogP contribution in [0.1, 0.15) is 57.9 Å². The Morgan fingerprint density at radius 1 is 1.12 bits per heavy atom. The van der Waals surface area contributed by atoms with E-state index in [9.17, 15) is 0 Å². The molecule has 2 aliphatic rings. The maximum absolute atomic E-state index is 6.55. The van der Waals surface area contributed by atoms with E-state index in [1.807, 2.05) is 6.07 Å². The van der Waals surface area contributed by atoms with Gasteiger partial charge in [-0.3, -0.25) is 0 Å². The van der Waals surface area contributed by atoms with Crippen molar-refractivity contribution in [2.45, 2.75) is 70.6 Å². The minimum atomic E-state index is 0.321. The first kappa shape index (κ1) is 17.6. The fraction of sp³-hybridized carbons (Fsp3) is 0.619. The van der Waals surface area contributed by atoms with Gasteiger partial charge in [0.1, 0.15) is 0 Å². The van der Waals surface area contributed by atoms with E-state index in [-0.39, 0.29) is 0 Å². The molecule has 2 bridgehead atoms. The molecule has 0 N–H and O–H groups in total. The molecule has 0 spiro atoms. The molecule has 0 unspecified atom stereocenters. The standard InChI is InChI=1S/C21H31BO2/c1-3-21(17(2)15-23-16-18-9-5-4-6-10-18)24-22-19-11-7-12-20(22)14-8-13-19/h3-6,9-10,17,19-20H,7-8,11-16H2,1-2H3/b21-3-/t17-,19?,20?/m0/s1. The largest absolute Gasteiger partial charge is 0.563 e. The van der Waals surface area contributed by atoms with Crippen molar-refractivity contribution in [3.63, 3.8) is 0 Å². The molecule has 1 aromatic carbocycles. The molecular formula is C21H31BO2. The maximum Gasteiger partial charge on any atom is 0.363 e. The molecule has 2 fully saturated rings. The summed E-state index contributed by atoms with van der Waals surface area (Å²) in [6.07, 6.45) is 10.4. The number of rotatable bonds is 7. The van der Waals surface area contributed by atoms with Gasteiger partial charge < -0.3 is 9.39 Å². The van der Waals surface area contributed by atoms with Crippen LogP contribution >= 0.6 is 0 Å². The Morgan fingerprint density at radius 3 is 2.33 bits per heavy atom. The number of hydrogen-bond acceptors (Lipinski definition) is 2. The Labute approximate surface area is 147 Å². The van der Waals surface area contributed by atoms with E-state index >= 15 is 0 Å². The van der Waals surface area contributed by atoms with E-state index in [0.29, 0.717) is 19.4 Å². The zero-order valence-electron chi connectivity index (χ0n) is 15.2. The molecule has 1 atom stereocenters. The number of fused-ring (bicyclic) bond motifs is 2. The molecule has 2 saturated heterocycles. The third-order valence-corrected chi connectivity index (χ3v) is 5.75. The molecule has 130 valence electrons. The van der Waals surface area contributed by atoms with Gasteiger partial charge in [-0.1, -0.05) is 81.9 Å². The third-order valence-electron chi connectivity index (χ3n) is 5.75. The normalized spacial score (nSPS) is 25.4. The Hall–Kier alpha value is -1.22. The molecule has 3 heteroatoms.